The summed E-state index contributed by atoms with van der Waals surface area (Å²) in [5.41, 5.74) is 5.40. The van der Waals surface area contributed by atoms with Crippen LogP contribution in [0.4, 0.5) is 19.0 Å². The summed E-state index contributed by atoms with van der Waals surface area (Å²) in [4.78, 5) is 0. The number of benzene rings is 1. The minimum atomic E-state index is -4.41. The fourth-order valence-corrected chi connectivity index (χ4v) is 1.51. The predicted octanol–water partition coefficient (Wildman–Crippen LogP) is 2.78. The Hall–Kier alpha value is -1.98. The summed E-state index contributed by atoms with van der Waals surface area (Å²) >= 11 is 0. The highest BCUT2D eigenvalue weighted by molar-refractivity contribution is 5.46. The number of nitrogens with two attached hydrogens (primary N) is 1. The molecule has 2 rings (SSSR count). The summed E-state index contributed by atoms with van der Waals surface area (Å²) < 4.78 is 39.5. The van der Waals surface area contributed by atoms with Gasteiger partial charge in [-0.25, -0.2) is 4.68 Å². The van der Waals surface area contributed by atoms with Gasteiger partial charge >= 0.3 is 6.18 Å². The smallest absolute Gasteiger partial charge is 0.382 e. The maximum atomic E-state index is 12.8. The van der Waals surface area contributed by atoms with Crippen LogP contribution in [0.25, 0.3) is 5.69 Å². The van der Waals surface area contributed by atoms with E-state index in [0.29, 0.717) is 5.56 Å². The van der Waals surface area contributed by atoms with Gasteiger partial charge in [0.05, 0.1) is 11.3 Å². The Morgan fingerprint density at radius 2 is 1.88 bits per heavy atom. The fraction of sp³-hybridized carbons (Fsp3) is 0.182. The number of nitrogens with zero attached hydrogens (tertiary/aromatic N) is 2. The van der Waals surface area contributed by atoms with Crippen molar-refractivity contribution in [3.05, 3.63) is 41.6 Å². The highest BCUT2D eigenvalue weighted by Gasteiger charge is 2.33. The molecule has 6 heteroatoms. The first-order valence-corrected chi connectivity index (χ1v) is 4.88. The number of hydrogen-bond donors (Lipinski definition) is 1. The standard InChI is InChI=1S/C11H10F3N3/c1-7-6-17(16-10(7)15)9-5-3-2-4-8(9)11(12,13)14/h2-6H,1H3,(H2,15,16). The van der Waals surface area contributed by atoms with Crippen LogP contribution in [-0.2, 0) is 6.18 Å². The van der Waals surface area contributed by atoms with Crippen molar-refractivity contribution in [1.82, 2.24) is 9.78 Å². The van der Waals surface area contributed by atoms with Crippen LogP contribution in [0.3, 0.4) is 0 Å². The first kappa shape index (κ1) is 11.5. The lowest BCUT2D eigenvalue weighted by Gasteiger charge is -2.12. The molecule has 0 aliphatic rings. The van der Waals surface area contributed by atoms with Crippen molar-refractivity contribution in [1.29, 1.82) is 0 Å². The van der Waals surface area contributed by atoms with E-state index in [9.17, 15) is 13.2 Å². The van der Waals surface area contributed by atoms with E-state index in [1.165, 1.54) is 24.4 Å². The quantitative estimate of drug-likeness (QED) is 0.834. The van der Waals surface area contributed by atoms with Crippen LogP contribution in [0.5, 0.6) is 0 Å². The third-order valence-corrected chi connectivity index (χ3v) is 2.39. The zero-order chi connectivity index (χ0) is 12.6. The number of alkyl halides is 3. The van der Waals surface area contributed by atoms with E-state index in [0.717, 1.165) is 10.7 Å². The Labute approximate surface area is 95.7 Å². The molecule has 0 amide bonds. The van der Waals surface area contributed by atoms with Gasteiger partial charge in [0, 0.05) is 11.8 Å². The van der Waals surface area contributed by atoms with Crippen molar-refractivity contribution >= 4 is 5.82 Å². The molecule has 0 radical (unpaired) electrons. The molecule has 2 aromatic rings. The molecular weight excluding hydrogens is 231 g/mol. The highest BCUT2D eigenvalue weighted by Crippen LogP contribution is 2.33. The van der Waals surface area contributed by atoms with E-state index in [4.69, 9.17) is 5.73 Å². The molecule has 0 aliphatic carbocycles. The third kappa shape index (κ3) is 2.11. The lowest BCUT2D eigenvalue weighted by molar-refractivity contribution is -0.137. The fourth-order valence-electron chi connectivity index (χ4n) is 1.51. The van der Waals surface area contributed by atoms with Gasteiger partial charge in [-0.15, -0.1) is 0 Å². The summed E-state index contributed by atoms with van der Waals surface area (Å²) in [6.45, 7) is 1.69. The van der Waals surface area contributed by atoms with E-state index < -0.39 is 11.7 Å². The molecule has 3 nitrogen and oxygen atoms in total. The van der Waals surface area contributed by atoms with E-state index in [1.807, 2.05) is 0 Å². The number of aromatic nitrogens is 2. The maximum Gasteiger partial charge on any atom is 0.418 e. The maximum absolute atomic E-state index is 12.8. The third-order valence-electron chi connectivity index (χ3n) is 2.39. The van der Waals surface area contributed by atoms with E-state index >= 15 is 0 Å². The van der Waals surface area contributed by atoms with E-state index in [-0.39, 0.29) is 11.5 Å². The number of rotatable bonds is 1. The molecule has 0 saturated carbocycles. The lowest BCUT2D eigenvalue weighted by atomic mass is 10.1. The number of para-hydroxylation sites is 1. The SMILES string of the molecule is Cc1cn(-c2ccccc2C(F)(F)F)nc1N. The average molecular weight is 241 g/mol. The highest BCUT2D eigenvalue weighted by atomic mass is 19.4. The molecule has 2 N–H and O–H groups in total. The molecule has 0 atom stereocenters. The number of halogens is 3. The van der Waals surface area contributed by atoms with E-state index in [2.05, 4.69) is 5.10 Å². The number of hydrogen-bond acceptors (Lipinski definition) is 2. The van der Waals surface area contributed by atoms with Gasteiger partial charge in [-0.1, -0.05) is 12.1 Å². The van der Waals surface area contributed by atoms with Crippen LogP contribution in [0.2, 0.25) is 0 Å². The Kier molecular flexibility index (Phi) is 2.57. The zero-order valence-electron chi connectivity index (χ0n) is 8.99. The van der Waals surface area contributed by atoms with Gasteiger partial charge in [-0.3, -0.25) is 0 Å². The Balaban J connectivity index is 2.60. The average Bonchev–Trinajstić information content (AvgIpc) is 2.58. The lowest BCUT2D eigenvalue weighted by Crippen LogP contribution is -2.11. The van der Waals surface area contributed by atoms with Crippen molar-refractivity contribution in [2.45, 2.75) is 13.1 Å². The van der Waals surface area contributed by atoms with Gasteiger partial charge in [-0.2, -0.15) is 18.3 Å². The number of nitrogen functional groups attached to an aromatic ring is 1. The zero-order valence-corrected chi connectivity index (χ0v) is 8.99. The summed E-state index contributed by atoms with van der Waals surface area (Å²) in [5.74, 6) is 0.224. The molecule has 0 fully saturated rings. The largest absolute Gasteiger partial charge is 0.418 e. The van der Waals surface area contributed by atoms with Crippen LogP contribution >= 0.6 is 0 Å². The van der Waals surface area contributed by atoms with Gasteiger partial charge in [0.1, 0.15) is 5.82 Å². The first-order chi connectivity index (χ1) is 7.89. The summed E-state index contributed by atoms with van der Waals surface area (Å²) in [6, 6.07) is 5.24. The van der Waals surface area contributed by atoms with Crippen molar-refractivity contribution in [3.8, 4) is 5.69 Å². The van der Waals surface area contributed by atoms with Gasteiger partial charge in [-0.05, 0) is 19.1 Å². The second-order valence-corrected chi connectivity index (χ2v) is 3.66. The normalized spacial score (nSPS) is 11.8. The van der Waals surface area contributed by atoms with Crippen LogP contribution in [0.15, 0.2) is 30.5 Å². The second kappa shape index (κ2) is 3.80. The Morgan fingerprint density at radius 3 is 2.41 bits per heavy atom. The molecule has 1 aromatic carbocycles. The van der Waals surface area contributed by atoms with Gasteiger partial charge in [0.15, 0.2) is 0 Å². The van der Waals surface area contributed by atoms with Crippen molar-refractivity contribution in [2.24, 2.45) is 0 Å². The van der Waals surface area contributed by atoms with Crippen LogP contribution in [0.1, 0.15) is 11.1 Å². The molecule has 1 heterocycles. The topological polar surface area (TPSA) is 43.8 Å². The van der Waals surface area contributed by atoms with Gasteiger partial charge in [0.25, 0.3) is 0 Å². The summed E-state index contributed by atoms with van der Waals surface area (Å²) in [6.07, 6.45) is -2.94. The molecule has 0 aliphatic heterocycles. The van der Waals surface area contributed by atoms with Crippen molar-refractivity contribution in [2.75, 3.05) is 5.73 Å². The van der Waals surface area contributed by atoms with Crippen molar-refractivity contribution < 1.29 is 13.2 Å². The van der Waals surface area contributed by atoms with Crippen LogP contribution < -0.4 is 5.73 Å². The molecule has 17 heavy (non-hydrogen) atoms. The van der Waals surface area contributed by atoms with Gasteiger partial charge < -0.3 is 5.73 Å². The molecule has 0 bridgehead atoms. The first-order valence-electron chi connectivity index (χ1n) is 4.88. The molecule has 0 unspecified atom stereocenters. The molecule has 90 valence electrons. The van der Waals surface area contributed by atoms with Crippen LogP contribution in [0, 0.1) is 6.92 Å². The molecule has 0 spiro atoms. The molecular formula is C11H10F3N3. The molecule has 1 aromatic heterocycles. The summed E-state index contributed by atoms with van der Waals surface area (Å²) in [5, 5.41) is 3.85. The Morgan fingerprint density at radius 1 is 1.24 bits per heavy atom. The minimum absolute atomic E-state index is 0.0280. The monoisotopic (exact) mass is 241 g/mol. The van der Waals surface area contributed by atoms with Gasteiger partial charge in [0.2, 0.25) is 0 Å². The Bertz CT molecular complexity index is 524. The summed E-state index contributed by atoms with van der Waals surface area (Å²) in [7, 11) is 0. The van der Waals surface area contributed by atoms with Crippen LogP contribution in [-0.4, -0.2) is 9.78 Å². The second-order valence-electron chi connectivity index (χ2n) is 3.66. The van der Waals surface area contributed by atoms with E-state index in [1.54, 1.807) is 6.92 Å². The number of anilines is 1. The number of aryl methyl sites for hydroxylation is 1. The molecule has 0 saturated heterocycles. The minimum Gasteiger partial charge on any atom is -0.382 e. The van der Waals surface area contributed by atoms with Crippen molar-refractivity contribution in [3.63, 3.8) is 0 Å². The predicted molar refractivity (Wildman–Crippen MR) is 57.7 cm³/mol.